The van der Waals surface area contributed by atoms with Gasteiger partial charge in [0, 0.05) is 11.6 Å². The highest BCUT2D eigenvalue weighted by atomic mass is 35.5. The van der Waals surface area contributed by atoms with Crippen molar-refractivity contribution in [3.63, 3.8) is 0 Å². The van der Waals surface area contributed by atoms with E-state index < -0.39 is 10.8 Å². The maximum Gasteiger partial charge on any atom is 0.273 e. The molecule has 0 bridgehead atoms. The zero-order valence-electron chi connectivity index (χ0n) is 11.8. The highest BCUT2D eigenvalue weighted by molar-refractivity contribution is 6.32. The maximum atomic E-state index is 11.8. The molecule has 7 nitrogen and oxygen atoms in total. The van der Waals surface area contributed by atoms with Crippen LogP contribution in [0.1, 0.15) is 11.1 Å². The lowest BCUT2D eigenvalue weighted by Crippen LogP contribution is -2.20. The second-order valence-electron chi connectivity index (χ2n) is 4.57. The normalized spacial score (nSPS) is 10.7. The number of aromatic hydroxyl groups is 1. The van der Waals surface area contributed by atoms with E-state index in [1.807, 2.05) is 0 Å². The second-order valence-corrected chi connectivity index (χ2v) is 4.97. The Balaban J connectivity index is 1.99. The summed E-state index contributed by atoms with van der Waals surface area (Å²) in [7, 11) is 0. The van der Waals surface area contributed by atoms with E-state index >= 15 is 0 Å². The Bertz CT molecular complexity index is 777. The van der Waals surface area contributed by atoms with Gasteiger partial charge in [-0.1, -0.05) is 29.8 Å². The molecule has 0 radical (unpaired) electrons. The Hall–Kier alpha value is -2.93. The van der Waals surface area contributed by atoms with Crippen LogP contribution in [-0.4, -0.2) is 22.2 Å². The largest absolute Gasteiger partial charge is 0.506 e. The molecule has 0 atom stereocenters. The first-order valence-corrected chi connectivity index (χ1v) is 6.88. The number of nitro benzene ring substituents is 1. The molecule has 0 aliphatic rings. The highest BCUT2D eigenvalue weighted by Gasteiger charge is 2.14. The van der Waals surface area contributed by atoms with E-state index in [4.69, 9.17) is 11.6 Å². The smallest absolute Gasteiger partial charge is 0.273 e. The quantitative estimate of drug-likeness (QED) is 0.498. The van der Waals surface area contributed by atoms with Crippen LogP contribution in [0.3, 0.4) is 0 Å². The van der Waals surface area contributed by atoms with Crippen molar-refractivity contribution in [3.05, 3.63) is 68.7 Å². The number of hydrazone groups is 1. The molecular formula is C15H12ClN3O4. The summed E-state index contributed by atoms with van der Waals surface area (Å²) >= 11 is 5.75. The predicted molar refractivity (Wildman–Crippen MR) is 85.7 cm³/mol. The average molecular weight is 334 g/mol. The van der Waals surface area contributed by atoms with E-state index in [9.17, 15) is 20.0 Å². The van der Waals surface area contributed by atoms with Crippen molar-refractivity contribution in [3.8, 4) is 5.75 Å². The Labute approximate surface area is 136 Å². The minimum absolute atomic E-state index is 0.0516. The van der Waals surface area contributed by atoms with E-state index in [0.717, 1.165) is 0 Å². The molecule has 118 valence electrons. The fraction of sp³-hybridized carbons (Fsp3) is 0.0667. The molecular weight excluding hydrogens is 322 g/mol. The van der Waals surface area contributed by atoms with Gasteiger partial charge in [0.1, 0.15) is 5.75 Å². The van der Waals surface area contributed by atoms with E-state index in [0.29, 0.717) is 11.1 Å². The Kier molecular flexibility index (Phi) is 5.27. The number of phenolic OH excluding ortho intramolecular Hbond substituents is 1. The number of halogens is 1. The highest BCUT2D eigenvalue weighted by Crippen LogP contribution is 2.22. The molecule has 0 aromatic heterocycles. The third-order valence-electron chi connectivity index (χ3n) is 2.91. The summed E-state index contributed by atoms with van der Waals surface area (Å²) in [6, 6.07) is 10.5. The number of rotatable bonds is 5. The van der Waals surface area contributed by atoms with Crippen molar-refractivity contribution < 1.29 is 14.8 Å². The molecule has 8 heteroatoms. The Morgan fingerprint density at radius 2 is 2.09 bits per heavy atom. The van der Waals surface area contributed by atoms with Crippen molar-refractivity contribution in [2.45, 2.75) is 6.42 Å². The summed E-state index contributed by atoms with van der Waals surface area (Å²) < 4.78 is 0. The van der Waals surface area contributed by atoms with E-state index in [1.54, 1.807) is 12.1 Å². The minimum Gasteiger partial charge on any atom is -0.506 e. The lowest BCUT2D eigenvalue weighted by molar-refractivity contribution is -0.385. The van der Waals surface area contributed by atoms with Gasteiger partial charge in [-0.2, -0.15) is 5.10 Å². The summed E-state index contributed by atoms with van der Waals surface area (Å²) in [5.41, 5.74) is 3.05. The molecule has 2 aromatic carbocycles. The van der Waals surface area contributed by atoms with Gasteiger partial charge in [0.15, 0.2) is 0 Å². The van der Waals surface area contributed by atoms with Gasteiger partial charge in [0.25, 0.3) is 5.69 Å². The molecule has 2 aromatic rings. The SMILES string of the molecule is O=C(Cc1ccccc1[N+](=O)[O-])NN=Cc1ccc(O)c(Cl)c1. The van der Waals surface area contributed by atoms with Crippen LogP contribution in [-0.2, 0) is 11.2 Å². The molecule has 0 saturated carbocycles. The van der Waals surface area contributed by atoms with Gasteiger partial charge in [-0.3, -0.25) is 14.9 Å². The van der Waals surface area contributed by atoms with Gasteiger partial charge < -0.3 is 5.11 Å². The Morgan fingerprint density at radius 3 is 2.78 bits per heavy atom. The van der Waals surface area contributed by atoms with Crippen LogP contribution in [0.15, 0.2) is 47.6 Å². The molecule has 0 saturated heterocycles. The van der Waals surface area contributed by atoms with Crippen LogP contribution in [0.4, 0.5) is 5.69 Å². The molecule has 0 aliphatic carbocycles. The number of amides is 1. The van der Waals surface area contributed by atoms with E-state index in [1.165, 1.54) is 36.5 Å². The number of nitro groups is 1. The van der Waals surface area contributed by atoms with Crippen molar-refractivity contribution in [1.82, 2.24) is 5.43 Å². The predicted octanol–water partition coefficient (Wildman–Crippen LogP) is 2.65. The van der Waals surface area contributed by atoms with Crippen molar-refractivity contribution >= 4 is 29.4 Å². The van der Waals surface area contributed by atoms with Gasteiger partial charge in [0.2, 0.25) is 5.91 Å². The van der Waals surface area contributed by atoms with Crippen LogP contribution >= 0.6 is 11.6 Å². The number of hydrogen-bond donors (Lipinski definition) is 2. The number of nitrogens with zero attached hydrogens (tertiary/aromatic N) is 2. The van der Waals surface area contributed by atoms with Crippen molar-refractivity contribution in [1.29, 1.82) is 0 Å². The second kappa shape index (κ2) is 7.37. The summed E-state index contributed by atoms with van der Waals surface area (Å²) in [5, 5.41) is 24.1. The van der Waals surface area contributed by atoms with Crippen LogP contribution in [0.5, 0.6) is 5.75 Å². The topological polar surface area (TPSA) is 105 Å². The summed E-state index contributed by atoms with van der Waals surface area (Å²) in [5.74, 6) is -0.537. The molecule has 23 heavy (non-hydrogen) atoms. The fourth-order valence-corrected chi connectivity index (χ4v) is 2.02. The van der Waals surface area contributed by atoms with E-state index in [-0.39, 0.29) is 22.9 Å². The van der Waals surface area contributed by atoms with Crippen LogP contribution < -0.4 is 5.43 Å². The zero-order chi connectivity index (χ0) is 16.8. The monoisotopic (exact) mass is 333 g/mol. The minimum atomic E-state index is -0.537. The number of nitrogens with one attached hydrogen (secondary N) is 1. The first-order chi connectivity index (χ1) is 11.0. The van der Waals surface area contributed by atoms with E-state index in [2.05, 4.69) is 10.5 Å². The lowest BCUT2D eigenvalue weighted by atomic mass is 10.1. The number of benzene rings is 2. The van der Waals surface area contributed by atoms with Crippen LogP contribution in [0, 0.1) is 10.1 Å². The number of phenols is 1. The fourth-order valence-electron chi connectivity index (χ4n) is 1.83. The maximum absolute atomic E-state index is 11.8. The molecule has 0 aliphatic heterocycles. The Morgan fingerprint density at radius 1 is 1.35 bits per heavy atom. The zero-order valence-corrected chi connectivity index (χ0v) is 12.5. The number of para-hydroxylation sites is 1. The third-order valence-corrected chi connectivity index (χ3v) is 3.22. The van der Waals surface area contributed by atoms with Crippen LogP contribution in [0.25, 0.3) is 0 Å². The molecule has 2 rings (SSSR count). The lowest BCUT2D eigenvalue weighted by Gasteiger charge is -2.02. The van der Waals surface area contributed by atoms with Crippen molar-refractivity contribution in [2.75, 3.05) is 0 Å². The molecule has 0 fully saturated rings. The molecule has 2 N–H and O–H groups in total. The average Bonchev–Trinajstić information content (AvgIpc) is 2.51. The molecule has 0 heterocycles. The van der Waals surface area contributed by atoms with Gasteiger partial charge in [-0.25, -0.2) is 5.43 Å². The first-order valence-electron chi connectivity index (χ1n) is 6.50. The van der Waals surface area contributed by atoms with Gasteiger partial charge >= 0.3 is 0 Å². The number of hydrogen-bond acceptors (Lipinski definition) is 5. The van der Waals surface area contributed by atoms with Gasteiger partial charge in [0.05, 0.1) is 22.6 Å². The third kappa shape index (κ3) is 4.52. The van der Waals surface area contributed by atoms with Crippen LogP contribution in [0.2, 0.25) is 5.02 Å². The standard InChI is InChI=1S/C15H12ClN3O4/c16-12-7-10(5-6-14(12)20)9-17-18-15(21)8-11-3-1-2-4-13(11)19(22)23/h1-7,9,20H,8H2,(H,18,21). The van der Waals surface area contributed by atoms with Gasteiger partial charge in [-0.15, -0.1) is 0 Å². The van der Waals surface area contributed by atoms with Crippen molar-refractivity contribution in [2.24, 2.45) is 5.10 Å². The van der Waals surface area contributed by atoms with Gasteiger partial charge in [-0.05, 0) is 23.8 Å². The first kappa shape index (κ1) is 16.4. The number of carbonyl (C=O) groups excluding carboxylic acids is 1. The summed E-state index contributed by atoms with van der Waals surface area (Å²) in [6.07, 6.45) is 1.19. The molecule has 1 amide bonds. The molecule has 0 spiro atoms. The summed E-state index contributed by atoms with van der Waals surface area (Å²) in [6.45, 7) is 0. The summed E-state index contributed by atoms with van der Waals surface area (Å²) in [4.78, 5) is 22.1. The molecule has 0 unspecified atom stereocenters. The number of carbonyl (C=O) groups is 1.